The number of hydrogen-bond donors (Lipinski definition) is 0. The van der Waals surface area contributed by atoms with Crippen LogP contribution in [0.1, 0.15) is 13.8 Å². The molecular weight excluding hydrogens is 345 g/mol. The van der Waals surface area contributed by atoms with E-state index in [-0.39, 0.29) is 5.82 Å². The van der Waals surface area contributed by atoms with Crippen LogP contribution in [-0.4, -0.2) is 19.8 Å². The van der Waals surface area contributed by atoms with Crippen LogP contribution in [0.3, 0.4) is 0 Å². The molecule has 4 aromatic rings. The maximum atomic E-state index is 13.4. The van der Waals surface area contributed by atoms with Crippen LogP contribution in [0.2, 0.25) is 0 Å². The molecule has 0 atom stereocenters. The zero-order chi connectivity index (χ0) is 18.1. The van der Waals surface area contributed by atoms with Gasteiger partial charge >= 0.3 is 0 Å². The van der Waals surface area contributed by atoms with Gasteiger partial charge in [-0.3, -0.25) is 0 Å². The van der Waals surface area contributed by atoms with E-state index in [2.05, 4.69) is 42.1 Å². The smallest absolute Gasteiger partial charge is 0.149 e. The molecule has 0 spiro atoms. The SMILES string of the molecule is CC(C)Sc1ncnc2c1c(-c1ccccc1)cn2-c1ccc(F)cc1. The molecule has 5 heteroatoms. The second kappa shape index (κ2) is 6.92. The highest BCUT2D eigenvalue weighted by Gasteiger charge is 2.18. The summed E-state index contributed by atoms with van der Waals surface area (Å²) < 4.78 is 15.4. The maximum Gasteiger partial charge on any atom is 0.149 e. The highest BCUT2D eigenvalue weighted by molar-refractivity contribution is 8.00. The van der Waals surface area contributed by atoms with Crippen LogP contribution in [0.5, 0.6) is 0 Å². The fourth-order valence-corrected chi connectivity index (χ4v) is 3.86. The first-order chi connectivity index (χ1) is 12.6. The number of fused-ring (bicyclic) bond motifs is 1. The highest BCUT2D eigenvalue weighted by Crippen LogP contribution is 2.37. The summed E-state index contributed by atoms with van der Waals surface area (Å²) >= 11 is 1.72. The lowest BCUT2D eigenvalue weighted by molar-refractivity contribution is 0.627. The summed E-state index contributed by atoms with van der Waals surface area (Å²) in [5.74, 6) is -0.251. The van der Waals surface area contributed by atoms with Crippen LogP contribution in [0.4, 0.5) is 4.39 Å². The van der Waals surface area contributed by atoms with Gasteiger partial charge in [0.25, 0.3) is 0 Å². The number of hydrogen-bond acceptors (Lipinski definition) is 3. The maximum absolute atomic E-state index is 13.4. The summed E-state index contributed by atoms with van der Waals surface area (Å²) in [7, 11) is 0. The van der Waals surface area contributed by atoms with Gasteiger partial charge in [0, 0.05) is 22.7 Å². The van der Waals surface area contributed by atoms with Crippen molar-refractivity contribution in [1.82, 2.24) is 14.5 Å². The molecule has 4 rings (SSSR count). The van der Waals surface area contributed by atoms with Crippen molar-refractivity contribution in [3.63, 3.8) is 0 Å². The van der Waals surface area contributed by atoms with E-state index in [1.807, 2.05) is 22.8 Å². The van der Waals surface area contributed by atoms with Crippen molar-refractivity contribution in [2.24, 2.45) is 0 Å². The minimum Gasteiger partial charge on any atom is -0.301 e. The van der Waals surface area contributed by atoms with E-state index in [4.69, 9.17) is 0 Å². The average molecular weight is 363 g/mol. The Hall–Kier alpha value is -2.66. The van der Waals surface area contributed by atoms with E-state index in [9.17, 15) is 4.39 Å². The predicted octanol–water partition coefficient (Wildman–Crippen LogP) is 5.73. The first-order valence-corrected chi connectivity index (χ1v) is 9.35. The molecule has 0 aliphatic rings. The lowest BCUT2D eigenvalue weighted by atomic mass is 10.1. The molecule has 0 N–H and O–H groups in total. The number of aromatic nitrogens is 3. The lowest BCUT2D eigenvalue weighted by Gasteiger charge is -2.08. The Balaban J connectivity index is 2.01. The van der Waals surface area contributed by atoms with Crippen LogP contribution in [0.15, 0.2) is 72.1 Å². The van der Waals surface area contributed by atoms with Crippen LogP contribution in [0, 0.1) is 5.82 Å². The molecule has 130 valence electrons. The van der Waals surface area contributed by atoms with Gasteiger partial charge in [-0.2, -0.15) is 0 Å². The number of nitrogens with zero attached hydrogens (tertiary/aromatic N) is 3. The van der Waals surface area contributed by atoms with Gasteiger partial charge in [0.05, 0.1) is 5.39 Å². The molecule has 0 aliphatic heterocycles. The molecule has 0 bridgehead atoms. The molecular formula is C21H18FN3S. The van der Waals surface area contributed by atoms with Gasteiger partial charge < -0.3 is 4.57 Å². The van der Waals surface area contributed by atoms with Crippen molar-refractivity contribution < 1.29 is 4.39 Å². The fourth-order valence-electron chi connectivity index (χ4n) is 2.98. The first kappa shape index (κ1) is 16.8. The van der Waals surface area contributed by atoms with Gasteiger partial charge in [-0.15, -0.1) is 11.8 Å². The van der Waals surface area contributed by atoms with Crippen molar-refractivity contribution >= 4 is 22.8 Å². The van der Waals surface area contributed by atoms with Crippen molar-refractivity contribution in [2.45, 2.75) is 24.1 Å². The molecule has 2 aromatic carbocycles. The third-order valence-corrected chi connectivity index (χ3v) is 5.09. The number of benzene rings is 2. The topological polar surface area (TPSA) is 30.7 Å². The largest absolute Gasteiger partial charge is 0.301 e. The molecule has 0 aliphatic carbocycles. The van der Waals surface area contributed by atoms with Gasteiger partial charge in [-0.1, -0.05) is 44.2 Å². The van der Waals surface area contributed by atoms with Crippen molar-refractivity contribution in [2.75, 3.05) is 0 Å². The third kappa shape index (κ3) is 3.10. The highest BCUT2D eigenvalue weighted by atomic mass is 32.2. The van der Waals surface area contributed by atoms with Crippen LogP contribution >= 0.6 is 11.8 Å². The van der Waals surface area contributed by atoms with Gasteiger partial charge in [-0.05, 0) is 29.8 Å². The summed E-state index contributed by atoms with van der Waals surface area (Å²) in [5, 5.41) is 2.40. The lowest BCUT2D eigenvalue weighted by Crippen LogP contribution is -1.96. The van der Waals surface area contributed by atoms with Crippen LogP contribution in [-0.2, 0) is 0 Å². The summed E-state index contributed by atoms with van der Waals surface area (Å²) in [6.07, 6.45) is 3.66. The van der Waals surface area contributed by atoms with Gasteiger partial charge in [0.15, 0.2) is 0 Å². The van der Waals surface area contributed by atoms with Crippen molar-refractivity contribution in [1.29, 1.82) is 0 Å². The molecule has 2 heterocycles. The van der Waals surface area contributed by atoms with E-state index in [1.165, 1.54) is 12.1 Å². The van der Waals surface area contributed by atoms with E-state index in [1.54, 1.807) is 30.2 Å². The number of halogens is 1. The summed E-state index contributed by atoms with van der Waals surface area (Å²) in [4.78, 5) is 9.07. The van der Waals surface area contributed by atoms with Gasteiger partial charge in [0.2, 0.25) is 0 Å². The van der Waals surface area contributed by atoms with Gasteiger partial charge in [0.1, 0.15) is 22.8 Å². The summed E-state index contributed by atoms with van der Waals surface area (Å²) in [5.41, 5.74) is 3.89. The Bertz CT molecular complexity index is 1040. The molecule has 3 nitrogen and oxygen atoms in total. The normalized spacial score (nSPS) is 11.4. The zero-order valence-corrected chi connectivity index (χ0v) is 15.4. The van der Waals surface area contributed by atoms with E-state index in [0.717, 1.165) is 32.9 Å². The van der Waals surface area contributed by atoms with Crippen LogP contribution < -0.4 is 0 Å². The minimum absolute atomic E-state index is 0.251. The van der Waals surface area contributed by atoms with E-state index >= 15 is 0 Å². The Morgan fingerprint density at radius 2 is 1.69 bits per heavy atom. The average Bonchev–Trinajstić information content (AvgIpc) is 3.03. The second-order valence-electron chi connectivity index (χ2n) is 6.30. The molecule has 0 unspecified atom stereocenters. The number of rotatable bonds is 4. The molecule has 0 saturated carbocycles. The monoisotopic (exact) mass is 363 g/mol. The fraction of sp³-hybridized carbons (Fsp3) is 0.143. The first-order valence-electron chi connectivity index (χ1n) is 8.47. The summed E-state index contributed by atoms with van der Waals surface area (Å²) in [6.45, 7) is 4.30. The second-order valence-corrected chi connectivity index (χ2v) is 7.86. The van der Waals surface area contributed by atoms with Gasteiger partial charge in [-0.25, -0.2) is 14.4 Å². The molecule has 26 heavy (non-hydrogen) atoms. The molecule has 0 saturated heterocycles. The summed E-state index contributed by atoms with van der Waals surface area (Å²) in [6, 6.07) is 16.7. The van der Waals surface area contributed by atoms with Crippen molar-refractivity contribution in [3.05, 3.63) is 72.9 Å². The molecule has 0 radical (unpaired) electrons. The Morgan fingerprint density at radius 3 is 2.38 bits per heavy atom. The predicted molar refractivity (Wildman–Crippen MR) is 105 cm³/mol. The zero-order valence-electron chi connectivity index (χ0n) is 14.6. The van der Waals surface area contributed by atoms with E-state index < -0.39 is 0 Å². The molecule has 0 fully saturated rings. The molecule has 0 amide bonds. The quantitative estimate of drug-likeness (QED) is 0.343. The number of thioether (sulfide) groups is 1. The molecule has 2 aromatic heterocycles. The Labute approximate surface area is 155 Å². The van der Waals surface area contributed by atoms with Crippen molar-refractivity contribution in [3.8, 4) is 16.8 Å². The minimum atomic E-state index is -0.251. The Kier molecular flexibility index (Phi) is 4.47. The van der Waals surface area contributed by atoms with E-state index in [0.29, 0.717) is 5.25 Å². The standard InChI is InChI=1S/C21H18FN3S/c1-14(2)26-21-19-18(15-6-4-3-5-7-15)12-25(20(19)23-13-24-21)17-10-8-16(22)9-11-17/h3-14H,1-2H3. The van der Waals surface area contributed by atoms with Crippen LogP contribution in [0.25, 0.3) is 27.8 Å². The third-order valence-electron chi connectivity index (χ3n) is 4.09. The Morgan fingerprint density at radius 1 is 0.962 bits per heavy atom.